The van der Waals surface area contributed by atoms with Crippen LogP contribution in [0.15, 0.2) is 78.6 Å². The van der Waals surface area contributed by atoms with Gasteiger partial charge in [0.25, 0.3) is 5.91 Å². The molecule has 7 nitrogen and oxygen atoms in total. The van der Waals surface area contributed by atoms with Gasteiger partial charge in [0.2, 0.25) is 0 Å². The van der Waals surface area contributed by atoms with Crippen molar-refractivity contribution in [2.24, 2.45) is 0 Å². The van der Waals surface area contributed by atoms with E-state index in [1.54, 1.807) is 30.3 Å². The van der Waals surface area contributed by atoms with Crippen molar-refractivity contribution in [1.82, 2.24) is 14.9 Å². The number of H-pyrrole nitrogens is 1. The minimum Gasteiger partial charge on any atom is -0.465 e. The normalized spacial score (nSPS) is 11.2. The number of esters is 1. The van der Waals surface area contributed by atoms with E-state index in [2.05, 4.69) is 10.3 Å². The molecule has 0 atom stereocenters. The largest absolute Gasteiger partial charge is 0.465 e. The molecule has 2 N–H and O–H groups in total. The SMILES string of the molecule is COC(=O)c1ccc(-n2cccc2/C=C(/C#N)C(=O)NCCc2c[nH]c3ccccc23)cc1. The van der Waals surface area contributed by atoms with Crippen LogP contribution in [0.2, 0.25) is 0 Å². The Bertz CT molecular complexity index is 1370. The third-order valence-electron chi connectivity index (χ3n) is 5.36. The van der Waals surface area contributed by atoms with Crippen molar-refractivity contribution in [3.63, 3.8) is 0 Å². The highest BCUT2D eigenvalue weighted by Gasteiger charge is 2.12. The number of methoxy groups -OCH3 is 1. The quantitative estimate of drug-likeness (QED) is 0.259. The molecule has 0 aliphatic rings. The molecule has 0 radical (unpaired) electrons. The molecule has 4 aromatic rings. The fraction of sp³-hybridized carbons (Fsp3) is 0.115. The van der Waals surface area contributed by atoms with E-state index in [1.165, 1.54) is 7.11 Å². The van der Waals surface area contributed by atoms with Crippen LogP contribution in [0.4, 0.5) is 0 Å². The van der Waals surface area contributed by atoms with Gasteiger partial charge in [-0.25, -0.2) is 4.79 Å². The van der Waals surface area contributed by atoms with Crippen molar-refractivity contribution in [3.05, 3.63) is 95.5 Å². The monoisotopic (exact) mass is 438 g/mol. The molecule has 33 heavy (non-hydrogen) atoms. The number of benzene rings is 2. The number of nitriles is 1. The van der Waals surface area contributed by atoms with Crippen LogP contribution in [0.5, 0.6) is 0 Å². The number of hydrogen-bond donors (Lipinski definition) is 2. The molecule has 7 heteroatoms. The summed E-state index contributed by atoms with van der Waals surface area (Å²) in [5.74, 6) is -0.837. The first kappa shape index (κ1) is 21.7. The van der Waals surface area contributed by atoms with Gasteiger partial charge in [-0.15, -0.1) is 0 Å². The number of carbonyl (C=O) groups excluding carboxylic acids is 2. The fourth-order valence-corrected chi connectivity index (χ4v) is 3.66. The van der Waals surface area contributed by atoms with Gasteiger partial charge in [-0.3, -0.25) is 4.79 Å². The maximum absolute atomic E-state index is 12.6. The highest BCUT2D eigenvalue weighted by Crippen LogP contribution is 2.19. The van der Waals surface area contributed by atoms with E-state index in [1.807, 2.05) is 59.4 Å². The molecule has 4 rings (SSSR count). The van der Waals surface area contributed by atoms with Crippen LogP contribution < -0.4 is 5.32 Å². The highest BCUT2D eigenvalue weighted by molar-refractivity contribution is 6.01. The van der Waals surface area contributed by atoms with Gasteiger partial charge in [0, 0.05) is 41.2 Å². The van der Waals surface area contributed by atoms with Crippen LogP contribution in [0.3, 0.4) is 0 Å². The summed E-state index contributed by atoms with van der Waals surface area (Å²) in [5.41, 5.74) is 4.08. The molecule has 2 aromatic carbocycles. The molecule has 164 valence electrons. The summed E-state index contributed by atoms with van der Waals surface area (Å²) >= 11 is 0. The molecule has 0 fully saturated rings. The highest BCUT2D eigenvalue weighted by atomic mass is 16.5. The van der Waals surface area contributed by atoms with Gasteiger partial charge >= 0.3 is 5.97 Å². The Morgan fingerprint density at radius 2 is 1.91 bits per heavy atom. The van der Waals surface area contributed by atoms with Crippen LogP contribution in [0.25, 0.3) is 22.7 Å². The number of aromatic nitrogens is 2. The van der Waals surface area contributed by atoms with E-state index in [9.17, 15) is 14.9 Å². The van der Waals surface area contributed by atoms with Gasteiger partial charge in [0.15, 0.2) is 0 Å². The zero-order valence-corrected chi connectivity index (χ0v) is 18.0. The third kappa shape index (κ3) is 4.70. The van der Waals surface area contributed by atoms with Gasteiger partial charge in [-0.1, -0.05) is 18.2 Å². The molecule has 0 unspecified atom stereocenters. The maximum atomic E-state index is 12.6. The molecule has 0 bridgehead atoms. The number of carbonyl (C=O) groups is 2. The Morgan fingerprint density at radius 1 is 1.12 bits per heavy atom. The number of nitrogens with zero attached hydrogens (tertiary/aromatic N) is 2. The van der Waals surface area contributed by atoms with Crippen LogP contribution in [-0.4, -0.2) is 35.1 Å². The molecule has 2 aromatic heterocycles. The number of nitrogens with one attached hydrogen (secondary N) is 2. The summed E-state index contributed by atoms with van der Waals surface area (Å²) in [6.45, 7) is 0.412. The van der Waals surface area contributed by atoms with Crippen LogP contribution in [-0.2, 0) is 16.0 Å². The zero-order chi connectivity index (χ0) is 23.2. The van der Waals surface area contributed by atoms with Gasteiger partial charge < -0.3 is 19.6 Å². The second-order valence-electron chi connectivity index (χ2n) is 7.38. The number of rotatable bonds is 7. The Labute approximate surface area is 190 Å². The van der Waals surface area contributed by atoms with E-state index in [4.69, 9.17) is 4.74 Å². The molecule has 1 amide bonds. The predicted molar refractivity (Wildman–Crippen MR) is 126 cm³/mol. The summed E-state index contributed by atoms with van der Waals surface area (Å²) in [6, 6.07) is 20.5. The molecule has 0 saturated heterocycles. The molecule has 0 aliphatic heterocycles. The zero-order valence-electron chi connectivity index (χ0n) is 18.0. The first-order chi connectivity index (χ1) is 16.1. The van der Waals surface area contributed by atoms with E-state index >= 15 is 0 Å². The Balaban J connectivity index is 1.45. The van der Waals surface area contributed by atoms with Gasteiger partial charge in [-0.2, -0.15) is 5.26 Å². The maximum Gasteiger partial charge on any atom is 0.337 e. The molecular weight excluding hydrogens is 416 g/mol. The summed E-state index contributed by atoms with van der Waals surface area (Å²) in [6.07, 6.45) is 5.96. The molecule has 0 aliphatic carbocycles. The lowest BCUT2D eigenvalue weighted by Crippen LogP contribution is -2.26. The number of aromatic amines is 1. The lowest BCUT2D eigenvalue weighted by atomic mass is 10.1. The smallest absolute Gasteiger partial charge is 0.337 e. The average molecular weight is 438 g/mol. The third-order valence-corrected chi connectivity index (χ3v) is 5.36. The lowest BCUT2D eigenvalue weighted by molar-refractivity contribution is -0.117. The number of hydrogen-bond acceptors (Lipinski definition) is 4. The fourth-order valence-electron chi connectivity index (χ4n) is 3.66. The van der Waals surface area contributed by atoms with Gasteiger partial charge in [-0.05, 0) is 60.5 Å². The number of fused-ring (bicyclic) bond motifs is 1. The van der Waals surface area contributed by atoms with Crippen LogP contribution in [0, 0.1) is 11.3 Å². The van der Waals surface area contributed by atoms with E-state index < -0.39 is 11.9 Å². The van der Waals surface area contributed by atoms with Crippen molar-refractivity contribution in [3.8, 4) is 11.8 Å². The molecule has 0 saturated carbocycles. The number of ether oxygens (including phenoxy) is 1. The van der Waals surface area contributed by atoms with Crippen LogP contribution >= 0.6 is 0 Å². The lowest BCUT2D eigenvalue weighted by Gasteiger charge is -2.08. The second-order valence-corrected chi connectivity index (χ2v) is 7.38. The Kier molecular flexibility index (Phi) is 6.37. The van der Waals surface area contributed by atoms with Gasteiger partial charge in [0.05, 0.1) is 12.7 Å². The van der Waals surface area contributed by atoms with E-state index in [0.717, 1.165) is 22.2 Å². The molecule has 0 spiro atoms. The summed E-state index contributed by atoms with van der Waals surface area (Å²) in [4.78, 5) is 27.5. The summed E-state index contributed by atoms with van der Waals surface area (Å²) in [7, 11) is 1.33. The Morgan fingerprint density at radius 3 is 2.67 bits per heavy atom. The Hall–Kier alpha value is -4.57. The number of para-hydroxylation sites is 1. The molecular formula is C26H22N4O3. The first-order valence-corrected chi connectivity index (χ1v) is 10.4. The van der Waals surface area contributed by atoms with E-state index in [0.29, 0.717) is 24.2 Å². The van der Waals surface area contributed by atoms with Gasteiger partial charge in [0.1, 0.15) is 11.6 Å². The topological polar surface area (TPSA) is 99.9 Å². The first-order valence-electron chi connectivity index (χ1n) is 10.4. The van der Waals surface area contributed by atoms with Crippen molar-refractivity contribution in [1.29, 1.82) is 5.26 Å². The van der Waals surface area contributed by atoms with Crippen molar-refractivity contribution in [2.45, 2.75) is 6.42 Å². The van der Waals surface area contributed by atoms with Crippen molar-refractivity contribution < 1.29 is 14.3 Å². The summed E-state index contributed by atoms with van der Waals surface area (Å²) < 4.78 is 6.55. The van der Waals surface area contributed by atoms with Crippen molar-refractivity contribution >= 4 is 28.9 Å². The standard InChI is InChI=1S/C26H22N4O3/c1-33-26(32)18-8-10-21(11-9-18)30-14-4-5-22(30)15-20(16-27)25(31)28-13-12-19-17-29-24-7-3-2-6-23(19)24/h2-11,14-15,17,29H,12-13H2,1H3,(H,28,31)/b20-15-. The predicted octanol–water partition coefficient (Wildman–Crippen LogP) is 4.01. The average Bonchev–Trinajstić information content (AvgIpc) is 3.49. The second kappa shape index (κ2) is 9.71. The summed E-state index contributed by atoms with van der Waals surface area (Å²) in [5, 5.41) is 13.5. The van der Waals surface area contributed by atoms with Crippen molar-refractivity contribution in [2.75, 3.05) is 13.7 Å². The number of amides is 1. The molecule has 2 heterocycles. The minimum atomic E-state index is -0.425. The van der Waals surface area contributed by atoms with Crippen LogP contribution in [0.1, 0.15) is 21.6 Å². The van der Waals surface area contributed by atoms with E-state index in [-0.39, 0.29) is 5.57 Å². The minimum absolute atomic E-state index is 0.0139.